The van der Waals surface area contributed by atoms with Gasteiger partial charge in [-0.05, 0) is 61.4 Å². The Morgan fingerprint density at radius 1 is 1.03 bits per heavy atom. The first-order valence-corrected chi connectivity index (χ1v) is 10.5. The van der Waals surface area contributed by atoms with Crippen molar-refractivity contribution in [3.63, 3.8) is 0 Å². The maximum absolute atomic E-state index is 13.8. The molecule has 0 unspecified atom stereocenters. The molecule has 1 aliphatic heterocycles. The first-order valence-electron chi connectivity index (χ1n) is 10.5. The molecule has 2 aromatic heterocycles. The molecule has 0 radical (unpaired) electrons. The Hall–Kier alpha value is -3.87. The molecule has 0 N–H and O–H groups in total. The van der Waals surface area contributed by atoms with Crippen LogP contribution in [0.2, 0.25) is 0 Å². The maximum Gasteiger partial charge on any atom is 0.261 e. The zero-order valence-corrected chi connectivity index (χ0v) is 18.0. The number of carbonyl (C=O) groups is 1. The molecular weight excluding hydrogens is 407 g/mol. The number of hydrogen-bond acceptors (Lipinski definition) is 3. The van der Waals surface area contributed by atoms with Crippen molar-refractivity contribution in [3.8, 4) is 17.3 Å². The van der Waals surface area contributed by atoms with Crippen molar-refractivity contribution in [1.82, 2.24) is 19.2 Å². The highest BCUT2D eigenvalue weighted by molar-refractivity contribution is 5.78. The fourth-order valence-electron chi connectivity index (χ4n) is 3.95. The molecule has 6 nitrogen and oxygen atoms in total. The van der Waals surface area contributed by atoms with Gasteiger partial charge in [-0.3, -0.25) is 4.79 Å². The van der Waals surface area contributed by atoms with Crippen LogP contribution in [0.3, 0.4) is 0 Å². The van der Waals surface area contributed by atoms with Gasteiger partial charge in [0.2, 0.25) is 0 Å². The molecule has 162 valence electrons. The van der Waals surface area contributed by atoms with Crippen molar-refractivity contribution in [2.45, 2.75) is 26.9 Å². The summed E-state index contributed by atoms with van der Waals surface area (Å²) in [7, 11) is 0. The molecule has 0 aliphatic carbocycles. The van der Waals surface area contributed by atoms with E-state index in [0.29, 0.717) is 13.1 Å². The van der Waals surface area contributed by atoms with Crippen LogP contribution in [0.4, 0.5) is 4.39 Å². The number of nitrogens with zero attached hydrogens (tertiary/aromatic N) is 4. The second-order valence-electron chi connectivity index (χ2n) is 7.99. The number of fused-ring (bicyclic) bond motifs is 1. The van der Waals surface area contributed by atoms with Gasteiger partial charge in [0.25, 0.3) is 5.91 Å². The number of aryl methyl sites for hydroxylation is 2. The van der Waals surface area contributed by atoms with Crippen molar-refractivity contribution in [2.24, 2.45) is 0 Å². The smallest absolute Gasteiger partial charge is 0.261 e. The lowest BCUT2D eigenvalue weighted by molar-refractivity contribution is -0.134. The van der Waals surface area contributed by atoms with Crippen LogP contribution in [0.5, 0.6) is 5.75 Å². The molecule has 0 saturated heterocycles. The normalized spacial score (nSPS) is 12.8. The van der Waals surface area contributed by atoms with E-state index in [-0.39, 0.29) is 18.3 Å². The first kappa shape index (κ1) is 20.1. The third kappa shape index (κ3) is 3.56. The Morgan fingerprint density at radius 3 is 2.56 bits per heavy atom. The van der Waals surface area contributed by atoms with Crippen molar-refractivity contribution in [3.05, 3.63) is 95.2 Å². The van der Waals surface area contributed by atoms with Crippen molar-refractivity contribution >= 4 is 5.91 Å². The molecule has 0 spiro atoms. The van der Waals surface area contributed by atoms with Gasteiger partial charge < -0.3 is 14.2 Å². The summed E-state index contributed by atoms with van der Waals surface area (Å²) < 4.78 is 23.2. The minimum Gasteiger partial charge on any atom is -0.481 e. The first-order chi connectivity index (χ1) is 15.5. The van der Waals surface area contributed by atoms with Crippen LogP contribution >= 0.6 is 0 Å². The second-order valence-corrected chi connectivity index (χ2v) is 7.99. The predicted molar refractivity (Wildman–Crippen MR) is 119 cm³/mol. The molecule has 2 aromatic carbocycles. The van der Waals surface area contributed by atoms with Gasteiger partial charge in [0.15, 0.2) is 18.2 Å². The van der Waals surface area contributed by atoms with Crippen LogP contribution in [-0.4, -0.2) is 31.8 Å². The summed E-state index contributed by atoms with van der Waals surface area (Å²) in [4.78, 5) is 14.5. The molecule has 3 heterocycles. The summed E-state index contributed by atoms with van der Waals surface area (Å²) in [5.41, 5.74) is 5.25. The Labute approximate surface area is 185 Å². The SMILES string of the molecule is Cc1ccc(-n2nc3c(c2-n2cccc2)CN(C(=O)COc2ccccc2F)C3)cc1C. The fourth-order valence-corrected chi connectivity index (χ4v) is 3.95. The number of rotatable bonds is 5. The highest BCUT2D eigenvalue weighted by Crippen LogP contribution is 2.31. The third-order valence-corrected chi connectivity index (χ3v) is 5.85. The highest BCUT2D eigenvalue weighted by Gasteiger charge is 2.31. The molecule has 1 amide bonds. The van der Waals surface area contributed by atoms with Crippen LogP contribution in [0.25, 0.3) is 11.5 Å². The van der Waals surface area contributed by atoms with Crippen molar-refractivity contribution < 1.29 is 13.9 Å². The van der Waals surface area contributed by atoms with Crippen LogP contribution < -0.4 is 4.74 Å². The number of hydrogen-bond donors (Lipinski definition) is 0. The van der Waals surface area contributed by atoms with Gasteiger partial charge in [-0.1, -0.05) is 18.2 Å². The maximum atomic E-state index is 13.8. The highest BCUT2D eigenvalue weighted by atomic mass is 19.1. The Bertz CT molecular complexity index is 1290. The minimum atomic E-state index is -0.482. The molecule has 5 rings (SSSR count). The third-order valence-electron chi connectivity index (χ3n) is 5.85. The summed E-state index contributed by atoms with van der Waals surface area (Å²) in [6, 6.07) is 16.3. The van der Waals surface area contributed by atoms with Crippen LogP contribution in [0.1, 0.15) is 22.4 Å². The number of halogens is 1. The topological polar surface area (TPSA) is 52.3 Å². The van der Waals surface area contributed by atoms with E-state index in [0.717, 1.165) is 22.8 Å². The molecule has 32 heavy (non-hydrogen) atoms. The van der Waals surface area contributed by atoms with Gasteiger partial charge in [0.1, 0.15) is 5.82 Å². The van der Waals surface area contributed by atoms with Gasteiger partial charge >= 0.3 is 0 Å². The number of ether oxygens (including phenoxy) is 1. The van der Waals surface area contributed by atoms with Crippen molar-refractivity contribution in [1.29, 1.82) is 0 Å². The largest absolute Gasteiger partial charge is 0.481 e. The van der Waals surface area contributed by atoms with Gasteiger partial charge in [0, 0.05) is 18.0 Å². The molecular formula is C25H23FN4O2. The van der Waals surface area contributed by atoms with E-state index in [1.165, 1.54) is 23.3 Å². The summed E-state index contributed by atoms with van der Waals surface area (Å²) in [5.74, 6) is 0.302. The van der Waals surface area contributed by atoms with Gasteiger partial charge in [-0.2, -0.15) is 5.10 Å². The van der Waals surface area contributed by atoms with Gasteiger partial charge in [0.05, 0.1) is 24.5 Å². The van der Waals surface area contributed by atoms with E-state index in [9.17, 15) is 9.18 Å². The number of benzene rings is 2. The van der Waals surface area contributed by atoms with Crippen LogP contribution in [0, 0.1) is 19.7 Å². The van der Waals surface area contributed by atoms with E-state index in [4.69, 9.17) is 9.84 Å². The Morgan fingerprint density at radius 2 is 1.81 bits per heavy atom. The van der Waals surface area contributed by atoms with E-state index in [1.54, 1.807) is 17.0 Å². The lowest BCUT2D eigenvalue weighted by Crippen LogP contribution is -2.31. The molecule has 0 fully saturated rings. The van der Waals surface area contributed by atoms with Crippen LogP contribution in [-0.2, 0) is 17.9 Å². The van der Waals surface area contributed by atoms with Gasteiger partial charge in [-0.25, -0.2) is 9.07 Å². The zero-order chi connectivity index (χ0) is 22.2. The lowest BCUT2D eigenvalue weighted by atomic mass is 10.1. The molecule has 7 heteroatoms. The van der Waals surface area contributed by atoms with Crippen LogP contribution in [0.15, 0.2) is 67.0 Å². The van der Waals surface area contributed by atoms with E-state index in [2.05, 4.69) is 32.0 Å². The average Bonchev–Trinajstić information content (AvgIpc) is 3.51. The van der Waals surface area contributed by atoms with Crippen molar-refractivity contribution in [2.75, 3.05) is 6.61 Å². The fraction of sp³-hybridized carbons (Fsp3) is 0.200. The summed E-state index contributed by atoms with van der Waals surface area (Å²) in [6.07, 6.45) is 3.95. The Kier molecular flexibility index (Phi) is 5.01. The lowest BCUT2D eigenvalue weighted by Gasteiger charge is -2.18. The summed E-state index contributed by atoms with van der Waals surface area (Å²) in [5, 5.41) is 4.85. The molecule has 0 atom stereocenters. The molecule has 4 aromatic rings. The second kappa shape index (κ2) is 8.00. The summed E-state index contributed by atoms with van der Waals surface area (Å²) >= 11 is 0. The zero-order valence-electron chi connectivity index (χ0n) is 18.0. The monoisotopic (exact) mass is 430 g/mol. The molecule has 0 bridgehead atoms. The number of para-hydroxylation sites is 1. The van der Waals surface area contributed by atoms with E-state index < -0.39 is 5.82 Å². The Balaban J connectivity index is 1.42. The standard InChI is InChI=1S/C25H23FN4O2/c1-17-9-10-19(13-18(17)2)30-25(28-11-5-6-12-28)20-14-29(15-22(20)27-30)24(31)16-32-23-8-4-3-7-21(23)26/h3-13H,14-16H2,1-2H3. The number of amides is 1. The predicted octanol–water partition coefficient (Wildman–Crippen LogP) is 4.34. The summed E-state index contributed by atoms with van der Waals surface area (Å²) in [6.45, 7) is 4.76. The van der Waals surface area contributed by atoms with Gasteiger partial charge in [-0.15, -0.1) is 0 Å². The number of carbonyl (C=O) groups excluding carboxylic acids is 1. The minimum absolute atomic E-state index is 0.0748. The molecule has 1 aliphatic rings. The molecule has 0 saturated carbocycles. The quantitative estimate of drug-likeness (QED) is 0.473. The van der Waals surface area contributed by atoms with E-state index in [1.807, 2.05) is 33.8 Å². The number of aromatic nitrogens is 3. The van der Waals surface area contributed by atoms with E-state index >= 15 is 0 Å². The average molecular weight is 430 g/mol.